The van der Waals surface area contributed by atoms with Crippen molar-refractivity contribution in [2.45, 2.75) is 13.2 Å². The van der Waals surface area contributed by atoms with Crippen molar-refractivity contribution < 1.29 is 32.0 Å². The Morgan fingerprint density at radius 1 is 0.769 bits per heavy atom. The average molecular weight is 543 g/mol. The Balaban J connectivity index is 1.41. The van der Waals surface area contributed by atoms with Gasteiger partial charge < -0.3 is 14.0 Å². The molecule has 2 heterocycles. The van der Waals surface area contributed by atoms with Gasteiger partial charge in [-0.1, -0.05) is 72.8 Å². The summed E-state index contributed by atoms with van der Waals surface area (Å²) in [6.45, 7) is 0.0335. The highest BCUT2D eigenvalue weighted by Crippen LogP contribution is 2.53. The summed E-state index contributed by atoms with van der Waals surface area (Å²) in [5.41, 5.74) is 2.56. The first-order valence-corrected chi connectivity index (χ1v) is 13.7. The predicted octanol–water partition coefficient (Wildman–Crippen LogP) is 7.69. The van der Waals surface area contributed by atoms with Gasteiger partial charge in [0.15, 0.2) is 11.5 Å². The highest BCUT2D eigenvalue weighted by atomic mass is 31.2. The number of benzene rings is 4. The molecule has 0 aliphatic carbocycles. The van der Waals surface area contributed by atoms with E-state index < -0.39 is 13.6 Å². The van der Waals surface area contributed by atoms with Gasteiger partial charge in [0, 0.05) is 23.1 Å². The van der Waals surface area contributed by atoms with Gasteiger partial charge in [0.1, 0.15) is 11.6 Å². The Hall–Kier alpha value is -4.23. The molecule has 0 saturated heterocycles. The molecule has 5 aromatic rings. The SMILES string of the molecule is O=P(OCc1ccccc1)(OCc1ccccc1)Oc1cc(-c2ccccc2F)nc2cc3c(cc12)OCO3. The van der Waals surface area contributed by atoms with Crippen molar-refractivity contribution in [3.8, 4) is 28.5 Å². The Labute approximate surface area is 224 Å². The lowest BCUT2D eigenvalue weighted by atomic mass is 10.1. The molecule has 6 rings (SSSR count). The van der Waals surface area contributed by atoms with E-state index in [-0.39, 0.29) is 37.0 Å². The molecule has 0 unspecified atom stereocenters. The summed E-state index contributed by atoms with van der Waals surface area (Å²) < 4.78 is 57.6. The van der Waals surface area contributed by atoms with E-state index in [0.717, 1.165) is 11.1 Å². The minimum Gasteiger partial charge on any atom is -0.454 e. The van der Waals surface area contributed by atoms with Gasteiger partial charge in [0.25, 0.3) is 0 Å². The summed E-state index contributed by atoms with van der Waals surface area (Å²) >= 11 is 0. The molecule has 0 amide bonds. The van der Waals surface area contributed by atoms with Gasteiger partial charge in [-0.2, -0.15) is 0 Å². The molecule has 0 atom stereocenters. The fraction of sp³-hybridized carbons (Fsp3) is 0.100. The van der Waals surface area contributed by atoms with Crippen molar-refractivity contribution in [1.29, 1.82) is 0 Å². The van der Waals surface area contributed by atoms with Crippen LogP contribution in [0.1, 0.15) is 11.1 Å². The topological polar surface area (TPSA) is 76.1 Å². The van der Waals surface area contributed by atoms with Crippen molar-refractivity contribution in [1.82, 2.24) is 4.98 Å². The van der Waals surface area contributed by atoms with Crippen molar-refractivity contribution in [2.75, 3.05) is 6.79 Å². The molecule has 0 spiro atoms. The van der Waals surface area contributed by atoms with Gasteiger partial charge in [0.2, 0.25) is 6.79 Å². The van der Waals surface area contributed by atoms with E-state index in [2.05, 4.69) is 4.98 Å². The van der Waals surface area contributed by atoms with Crippen molar-refractivity contribution in [3.05, 3.63) is 120 Å². The van der Waals surface area contributed by atoms with Crippen LogP contribution in [0.4, 0.5) is 4.39 Å². The molecule has 0 fully saturated rings. The zero-order chi connectivity index (χ0) is 26.7. The molecular weight excluding hydrogens is 520 g/mol. The number of hydrogen-bond acceptors (Lipinski definition) is 7. The Morgan fingerprint density at radius 2 is 1.36 bits per heavy atom. The van der Waals surface area contributed by atoms with E-state index >= 15 is 0 Å². The van der Waals surface area contributed by atoms with Gasteiger partial charge in [-0.3, -0.25) is 9.05 Å². The molecule has 0 saturated carbocycles. The lowest BCUT2D eigenvalue weighted by molar-refractivity contribution is 0.143. The molecule has 39 heavy (non-hydrogen) atoms. The van der Waals surface area contributed by atoms with Gasteiger partial charge in [0.05, 0.1) is 24.4 Å². The number of ether oxygens (including phenoxy) is 2. The fourth-order valence-electron chi connectivity index (χ4n) is 4.13. The number of phosphoric ester groups is 1. The molecule has 4 aromatic carbocycles. The van der Waals surface area contributed by atoms with Crippen molar-refractivity contribution in [3.63, 3.8) is 0 Å². The van der Waals surface area contributed by atoms with E-state index in [1.165, 1.54) is 12.1 Å². The van der Waals surface area contributed by atoms with Crippen LogP contribution in [0.3, 0.4) is 0 Å². The summed E-state index contributed by atoms with van der Waals surface area (Å²) in [7, 11) is -4.21. The third kappa shape index (κ3) is 5.64. The maximum atomic E-state index is 14.8. The molecule has 7 nitrogen and oxygen atoms in total. The number of nitrogens with zero attached hydrogens (tertiary/aromatic N) is 1. The maximum absolute atomic E-state index is 14.8. The standard InChI is InChI=1S/C30H23FNO6P/c31-25-14-8-7-13-23(25)26-16-28(24-15-29-30(35-20-34-29)17-27(24)32-26)38-39(33,36-18-21-9-3-1-4-10-21)37-19-22-11-5-2-6-12-22/h1-17H,18-20H2. The molecule has 9 heteroatoms. The molecule has 196 valence electrons. The lowest BCUT2D eigenvalue weighted by Gasteiger charge is -2.20. The zero-order valence-electron chi connectivity index (χ0n) is 20.7. The average Bonchev–Trinajstić information content (AvgIpc) is 3.43. The number of phosphoric acid groups is 1. The second-order valence-electron chi connectivity index (χ2n) is 8.76. The first-order chi connectivity index (χ1) is 19.1. The van der Waals surface area contributed by atoms with Crippen LogP contribution >= 0.6 is 7.82 Å². The first kappa shape index (κ1) is 25.1. The second kappa shape index (κ2) is 10.9. The van der Waals surface area contributed by atoms with Gasteiger partial charge in [-0.05, 0) is 29.3 Å². The maximum Gasteiger partial charge on any atom is 0.530 e. The molecule has 0 radical (unpaired) electrons. The zero-order valence-corrected chi connectivity index (χ0v) is 21.6. The molecular formula is C30H23FNO6P. The van der Waals surface area contributed by atoms with Crippen molar-refractivity contribution in [2.24, 2.45) is 0 Å². The van der Waals surface area contributed by atoms with Crippen LogP contribution in [0.2, 0.25) is 0 Å². The number of fused-ring (bicyclic) bond motifs is 2. The number of aromatic nitrogens is 1. The highest BCUT2D eigenvalue weighted by Gasteiger charge is 2.31. The number of pyridine rings is 1. The molecule has 1 aliphatic rings. The van der Waals surface area contributed by atoms with E-state index in [1.807, 2.05) is 60.7 Å². The number of halogens is 1. The summed E-state index contributed by atoms with van der Waals surface area (Å²) in [5.74, 6) is 0.661. The van der Waals surface area contributed by atoms with Gasteiger partial charge >= 0.3 is 7.82 Å². The molecule has 1 aromatic heterocycles. The summed E-state index contributed by atoms with van der Waals surface area (Å²) in [6.07, 6.45) is 0. The van der Waals surface area contributed by atoms with Crippen LogP contribution in [-0.4, -0.2) is 11.8 Å². The minimum absolute atomic E-state index is 0.0115. The Kier molecular flexibility index (Phi) is 6.99. The predicted molar refractivity (Wildman–Crippen MR) is 144 cm³/mol. The minimum atomic E-state index is -4.21. The normalized spacial score (nSPS) is 12.5. The quantitative estimate of drug-likeness (QED) is 0.176. The summed E-state index contributed by atoms with van der Waals surface area (Å²) in [5, 5.41) is 0.478. The smallest absolute Gasteiger partial charge is 0.454 e. The third-order valence-electron chi connectivity index (χ3n) is 6.09. The van der Waals surface area contributed by atoms with E-state index in [1.54, 1.807) is 30.3 Å². The summed E-state index contributed by atoms with van der Waals surface area (Å²) in [6, 6.07) is 29.7. The van der Waals surface area contributed by atoms with Crippen LogP contribution < -0.4 is 14.0 Å². The van der Waals surface area contributed by atoms with Crippen LogP contribution in [-0.2, 0) is 26.8 Å². The molecule has 0 bridgehead atoms. The lowest BCUT2D eigenvalue weighted by Crippen LogP contribution is -2.04. The molecule has 1 aliphatic heterocycles. The largest absolute Gasteiger partial charge is 0.530 e. The molecule has 0 N–H and O–H groups in total. The first-order valence-electron chi connectivity index (χ1n) is 12.2. The van der Waals surface area contributed by atoms with Crippen LogP contribution in [0.5, 0.6) is 17.2 Å². The number of rotatable bonds is 9. The van der Waals surface area contributed by atoms with Crippen LogP contribution in [0.15, 0.2) is 103 Å². The van der Waals surface area contributed by atoms with Crippen molar-refractivity contribution >= 4 is 18.7 Å². The van der Waals surface area contributed by atoms with Crippen LogP contribution in [0, 0.1) is 5.82 Å². The van der Waals surface area contributed by atoms with E-state index in [4.69, 9.17) is 23.0 Å². The Morgan fingerprint density at radius 3 is 2.00 bits per heavy atom. The monoisotopic (exact) mass is 543 g/mol. The highest BCUT2D eigenvalue weighted by molar-refractivity contribution is 7.48. The van der Waals surface area contributed by atoms with Gasteiger partial charge in [-0.25, -0.2) is 13.9 Å². The number of hydrogen-bond donors (Lipinski definition) is 0. The third-order valence-corrected chi connectivity index (χ3v) is 7.40. The van der Waals surface area contributed by atoms with E-state index in [0.29, 0.717) is 22.4 Å². The van der Waals surface area contributed by atoms with E-state index in [9.17, 15) is 8.96 Å². The van der Waals surface area contributed by atoms with Gasteiger partial charge in [-0.15, -0.1) is 0 Å². The Bertz CT molecular complexity index is 1620. The second-order valence-corrected chi connectivity index (χ2v) is 10.4. The summed E-state index contributed by atoms with van der Waals surface area (Å²) in [4.78, 5) is 4.63. The van der Waals surface area contributed by atoms with Crippen LogP contribution in [0.25, 0.3) is 22.2 Å². The fourth-order valence-corrected chi connectivity index (χ4v) is 5.32.